The first-order valence-electron chi connectivity index (χ1n) is 5.03. The second-order valence-electron chi connectivity index (χ2n) is 3.91. The Morgan fingerprint density at radius 1 is 1.47 bits per heavy atom. The molecule has 1 aliphatic rings. The Hall–Kier alpha value is -1.34. The molecule has 2 rings (SSSR count). The third kappa shape index (κ3) is 1.88. The molecule has 3 nitrogen and oxygen atoms in total. The summed E-state index contributed by atoms with van der Waals surface area (Å²) in [5, 5.41) is 13.3. The zero-order chi connectivity index (χ0) is 10.8. The van der Waals surface area contributed by atoms with Gasteiger partial charge in [-0.25, -0.2) is 5.32 Å². The van der Waals surface area contributed by atoms with Crippen molar-refractivity contribution in [2.45, 2.75) is 19.3 Å². The fraction of sp³-hybridized carbons (Fsp3) is 0.455. The molecular weight excluding hydrogens is 206 g/mol. The molecule has 0 saturated heterocycles. The Labute approximate surface area is 93.7 Å². The van der Waals surface area contributed by atoms with Gasteiger partial charge in [0, 0.05) is 4.88 Å². The Balaban J connectivity index is 2.33. The Kier molecular flexibility index (Phi) is 2.74. The van der Waals surface area contributed by atoms with Crippen LogP contribution < -0.4 is 5.32 Å². The van der Waals surface area contributed by atoms with E-state index in [1.807, 2.05) is 25.0 Å². The van der Waals surface area contributed by atoms with Crippen LogP contribution in [-0.2, 0) is 12.8 Å². The van der Waals surface area contributed by atoms with E-state index in [0.717, 1.165) is 23.4 Å². The van der Waals surface area contributed by atoms with Crippen LogP contribution in [0.15, 0.2) is 0 Å². The highest BCUT2D eigenvalue weighted by Crippen LogP contribution is 2.38. The van der Waals surface area contributed by atoms with Gasteiger partial charge in [-0.2, -0.15) is 5.26 Å². The zero-order valence-electron chi connectivity index (χ0n) is 9.00. The van der Waals surface area contributed by atoms with Gasteiger partial charge in [-0.15, -0.1) is 0 Å². The predicted molar refractivity (Wildman–Crippen MR) is 62.9 cm³/mol. The molecule has 0 saturated carbocycles. The van der Waals surface area contributed by atoms with Gasteiger partial charge >= 0.3 is 0 Å². The fourth-order valence-corrected chi connectivity index (χ4v) is 3.01. The van der Waals surface area contributed by atoms with E-state index < -0.39 is 0 Å². The molecule has 15 heavy (non-hydrogen) atoms. The van der Waals surface area contributed by atoms with Crippen LogP contribution in [0.3, 0.4) is 0 Å². The van der Waals surface area contributed by atoms with Gasteiger partial charge in [0.2, 0.25) is 6.34 Å². The van der Waals surface area contributed by atoms with Gasteiger partial charge in [0.1, 0.15) is 11.6 Å². The number of nitrogens with zero attached hydrogens (tertiary/aromatic N) is 2. The number of fused-ring (bicyclic) bond motifs is 1. The molecule has 1 aromatic heterocycles. The lowest BCUT2D eigenvalue weighted by Crippen LogP contribution is -2.07. The molecule has 1 aromatic rings. The number of thiophene rings is 1. The number of anilines is 1. The minimum atomic E-state index is 0.852. The van der Waals surface area contributed by atoms with Gasteiger partial charge in [0.15, 0.2) is 5.00 Å². The summed E-state index contributed by atoms with van der Waals surface area (Å²) in [7, 11) is 3.92. The van der Waals surface area contributed by atoms with Crippen LogP contribution >= 0.6 is 11.3 Å². The monoisotopic (exact) mass is 220 g/mol. The summed E-state index contributed by atoms with van der Waals surface area (Å²) in [6.45, 7) is 0. The van der Waals surface area contributed by atoms with E-state index in [-0.39, 0.29) is 0 Å². The van der Waals surface area contributed by atoms with Crippen LogP contribution in [0.4, 0.5) is 5.00 Å². The quantitative estimate of drug-likeness (QED) is 0.469. The third-order valence-corrected chi connectivity index (χ3v) is 3.71. The first-order valence-corrected chi connectivity index (χ1v) is 5.85. The van der Waals surface area contributed by atoms with Gasteiger partial charge in [-0.05, 0) is 24.8 Å². The molecule has 78 valence electrons. The van der Waals surface area contributed by atoms with Crippen LogP contribution in [0.1, 0.15) is 22.4 Å². The average Bonchev–Trinajstić information content (AvgIpc) is 2.72. The van der Waals surface area contributed by atoms with Crippen molar-refractivity contribution in [1.82, 2.24) is 0 Å². The summed E-state index contributed by atoms with van der Waals surface area (Å²) in [4.78, 5) is 1.39. The van der Waals surface area contributed by atoms with Crippen LogP contribution in [0, 0.1) is 11.3 Å². The van der Waals surface area contributed by atoms with Crippen molar-refractivity contribution < 1.29 is 4.58 Å². The topological polar surface area (TPSA) is 38.8 Å². The molecule has 1 N–H and O–H groups in total. The number of hydrogen-bond acceptors (Lipinski definition) is 2. The molecule has 0 atom stereocenters. The van der Waals surface area contributed by atoms with Crippen molar-refractivity contribution in [3.8, 4) is 6.07 Å². The van der Waals surface area contributed by atoms with E-state index in [9.17, 15) is 0 Å². The van der Waals surface area contributed by atoms with Crippen molar-refractivity contribution in [1.29, 1.82) is 5.26 Å². The zero-order valence-corrected chi connectivity index (χ0v) is 9.82. The first-order chi connectivity index (χ1) is 7.22. The van der Waals surface area contributed by atoms with E-state index >= 15 is 0 Å². The summed E-state index contributed by atoms with van der Waals surface area (Å²) in [5.41, 5.74) is 2.13. The summed E-state index contributed by atoms with van der Waals surface area (Å²) in [6.07, 6.45) is 5.28. The van der Waals surface area contributed by atoms with Crippen molar-refractivity contribution in [2.24, 2.45) is 0 Å². The Bertz CT molecular complexity index is 447. The highest BCUT2D eigenvalue weighted by molar-refractivity contribution is 7.16. The minimum Gasteiger partial charge on any atom is -0.273 e. The molecule has 0 fully saturated rings. The van der Waals surface area contributed by atoms with Crippen LogP contribution in [0.25, 0.3) is 0 Å². The predicted octanol–water partition coefficient (Wildman–Crippen LogP) is 1.82. The van der Waals surface area contributed by atoms with Crippen molar-refractivity contribution >= 4 is 22.7 Å². The molecule has 0 aliphatic heterocycles. The second-order valence-corrected chi connectivity index (χ2v) is 5.02. The molecular formula is C11H14N3S+. The largest absolute Gasteiger partial charge is 0.273 e. The van der Waals surface area contributed by atoms with Crippen LogP contribution in [0.2, 0.25) is 0 Å². The van der Waals surface area contributed by atoms with Gasteiger partial charge in [0.25, 0.3) is 0 Å². The van der Waals surface area contributed by atoms with Crippen molar-refractivity contribution in [3.63, 3.8) is 0 Å². The minimum absolute atomic E-state index is 0.852. The number of aryl methyl sites for hydroxylation is 1. The number of hydrogen-bond donors (Lipinski definition) is 1. The summed E-state index contributed by atoms with van der Waals surface area (Å²) >= 11 is 1.72. The third-order valence-electron chi connectivity index (χ3n) is 2.49. The molecule has 4 heteroatoms. The molecule has 0 bridgehead atoms. The number of rotatable bonds is 2. The Morgan fingerprint density at radius 2 is 2.27 bits per heavy atom. The maximum absolute atomic E-state index is 9.13. The highest BCUT2D eigenvalue weighted by Gasteiger charge is 2.23. The standard InChI is InChI=1S/C11H13N3S/c1-14(2)7-13-11-9(6-12)8-4-3-5-10(8)15-11/h7H,3-5H2,1-2H3/p+1. The van der Waals surface area contributed by atoms with E-state index in [1.54, 1.807) is 11.3 Å². The molecule has 0 amide bonds. The molecule has 0 spiro atoms. The van der Waals surface area contributed by atoms with E-state index in [0.29, 0.717) is 0 Å². The lowest BCUT2D eigenvalue weighted by atomic mass is 10.1. The molecule has 0 radical (unpaired) electrons. The first kappa shape index (κ1) is 10.2. The SMILES string of the molecule is C[N+](C)=CNc1sc2c(c1C#N)CCC2. The molecule has 1 heterocycles. The normalized spacial score (nSPS) is 13.1. The highest BCUT2D eigenvalue weighted by atomic mass is 32.1. The van der Waals surface area contributed by atoms with Gasteiger partial charge < -0.3 is 0 Å². The van der Waals surface area contributed by atoms with Gasteiger partial charge in [-0.1, -0.05) is 11.3 Å². The second kappa shape index (κ2) is 4.03. The summed E-state index contributed by atoms with van der Waals surface area (Å²) in [6, 6.07) is 2.31. The van der Waals surface area contributed by atoms with Crippen molar-refractivity contribution in [3.05, 3.63) is 16.0 Å². The Morgan fingerprint density at radius 3 is 2.93 bits per heavy atom. The van der Waals surface area contributed by atoms with Gasteiger partial charge in [0.05, 0.1) is 14.1 Å². The average molecular weight is 220 g/mol. The van der Waals surface area contributed by atoms with Crippen LogP contribution in [-0.4, -0.2) is 25.0 Å². The summed E-state index contributed by atoms with van der Waals surface area (Å²) in [5.74, 6) is 0. The maximum atomic E-state index is 9.13. The summed E-state index contributed by atoms with van der Waals surface area (Å²) < 4.78 is 1.94. The lowest BCUT2D eigenvalue weighted by molar-refractivity contribution is -0.459. The molecule has 1 aliphatic carbocycles. The number of nitrogens with one attached hydrogen (secondary N) is 1. The van der Waals surface area contributed by atoms with E-state index in [1.165, 1.54) is 16.9 Å². The number of nitriles is 1. The van der Waals surface area contributed by atoms with Gasteiger partial charge in [-0.3, -0.25) is 4.58 Å². The smallest absolute Gasteiger partial charge is 0.237 e. The van der Waals surface area contributed by atoms with Crippen molar-refractivity contribution in [2.75, 3.05) is 19.4 Å². The van der Waals surface area contributed by atoms with E-state index in [2.05, 4.69) is 11.4 Å². The van der Waals surface area contributed by atoms with Crippen LogP contribution in [0.5, 0.6) is 0 Å². The lowest BCUT2D eigenvalue weighted by Gasteiger charge is -1.93. The molecule has 0 unspecified atom stereocenters. The maximum Gasteiger partial charge on any atom is 0.237 e. The molecule has 0 aromatic carbocycles. The van der Waals surface area contributed by atoms with E-state index in [4.69, 9.17) is 5.26 Å². The fourth-order valence-electron chi connectivity index (χ4n) is 1.81.